The third-order valence-corrected chi connectivity index (χ3v) is 2.68. The molecule has 2 N–H and O–H groups in total. The van der Waals surface area contributed by atoms with Crippen LogP contribution in [0.3, 0.4) is 0 Å². The summed E-state index contributed by atoms with van der Waals surface area (Å²) in [7, 11) is 1.85. The Morgan fingerprint density at radius 2 is 2.50 bits per heavy atom. The Morgan fingerprint density at radius 1 is 1.71 bits per heavy atom. The third-order valence-electron chi connectivity index (χ3n) is 2.68. The van der Waals surface area contributed by atoms with E-state index in [2.05, 4.69) is 4.98 Å². The van der Waals surface area contributed by atoms with Crippen LogP contribution in [0.25, 0.3) is 0 Å². The Balaban J connectivity index is 2.43. The van der Waals surface area contributed by atoms with Gasteiger partial charge in [-0.15, -0.1) is 0 Å². The van der Waals surface area contributed by atoms with Crippen molar-refractivity contribution in [3.05, 3.63) is 23.9 Å². The molecule has 74 valence electrons. The fourth-order valence-electron chi connectivity index (χ4n) is 1.90. The highest BCUT2D eigenvalue weighted by atomic mass is 16.1. The first kappa shape index (κ1) is 9.15. The second-order valence-electron chi connectivity index (χ2n) is 3.59. The van der Waals surface area contributed by atoms with Crippen molar-refractivity contribution in [1.29, 1.82) is 0 Å². The summed E-state index contributed by atoms with van der Waals surface area (Å²) >= 11 is 0. The third kappa shape index (κ3) is 1.28. The van der Waals surface area contributed by atoms with Gasteiger partial charge in [0.25, 0.3) is 0 Å². The van der Waals surface area contributed by atoms with Gasteiger partial charge in [0, 0.05) is 19.3 Å². The van der Waals surface area contributed by atoms with Crippen LogP contribution in [-0.4, -0.2) is 30.4 Å². The maximum absolute atomic E-state index is 10.8. The lowest BCUT2D eigenvalue weighted by molar-refractivity contribution is -0.109. The molecule has 4 nitrogen and oxygen atoms in total. The number of nitrogens with zero attached hydrogens (tertiary/aromatic N) is 2. The molecule has 0 aliphatic carbocycles. The van der Waals surface area contributed by atoms with Crippen molar-refractivity contribution in [2.24, 2.45) is 5.73 Å². The van der Waals surface area contributed by atoms with Crippen LogP contribution in [-0.2, 0) is 11.2 Å². The smallest absolute Gasteiger partial charge is 0.144 e. The highest BCUT2D eigenvalue weighted by Crippen LogP contribution is 2.25. The first-order valence-electron chi connectivity index (χ1n) is 4.61. The molecule has 2 atom stereocenters. The number of pyridine rings is 1. The molecule has 0 fully saturated rings. The van der Waals surface area contributed by atoms with Crippen LogP contribution in [0.5, 0.6) is 0 Å². The van der Waals surface area contributed by atoms with Gasteiger partial charge in [-0.25, -0.2) is 4.98 Å². The van der Waals surface area contributed by atoms with Gasteiger partial charge in [0.1, 0.15) is 18.1 Å². The molecule has 0 amide bonds. The summed E-state index contributed by atoms with van der Waals surface area (Å²) in [6.07, 6.45) is 3.34. The molecule has 14 heavy (non-hydrogen) atoms. The zero-order chi connectivity index (χ0) is 10.1. The predicted octanol–water partition coefficient (Wildman–Crippen LogP) is -0.0313. The van der Waals surface area contributed by atoms with Gasteiger partial charge in [-0.2, -0.15) is 0 Å². The lowest BCUT2D eigenvalue weighted by Crippen LogP contribution is -2.52. The Hall–Kier alpha value is -1.42. The molecular weight excluding hydrogens is 178 g/mol. The van der Waals surface area contributed by atoms with Crippen LogP contribution in [0.2, 0.25) is 0 Å². The summed E-state index contributed by atoms with van der Waals surface area (Å²) in [5, 5.41) is 0. The molecule has 2 heterocycles. The van der Waals surface area contributed by atoms with Crippen LogP contribution in [0, 0.1) is 0 Å². The van der Waals surface area contributed by atoms with Gasteiger partial charge in [0.05, 0.1) is 0 Å². The van der Waals surface area contributed by atoms with Crippen LogP contribution < -0.4 is 10.6 Å². The van der Waals surface area contributed by atoms with Crippen molar-refractivity contribution >= 4 is 12.1 Å². The molecule has 2 unspecified atom stereocenters. The van der Waals surface area contributed by atoms with E-state index in [0.29, 0.717) is 0 Å². The molecule has 2 rings (SSSR count). The number of anilines is 1. The van der Waals surface area contributed by atoms with E-state index in [1.807, 2.05) is 24.1 Å². The van der Waals surface area contributed by atoms with E-state index in [-0.39, 0.29) is 12.1 Å². The van der Waals surface area contributed by atoms with E-state index in [0.717, 1.165) is 24.1 Å². The molecule has 0 saturated carbocycles. The molecule has 1 aromatic rings. The summed E-state index contributed by atoms with van der Waals surface area (Å²) in [4.78, 5) is 16.9. The van der Waals surface area contributed by atoms with Crippen LogP contribution in [0.1, 0.15) is 5.56 Å². The van der Waals surface area contributed by atoms with E-state index >= 15 is 0 Å². The molecular formula is C10H13N3O. The fraction of sp³-hybridized carbons (Fsp3) is 0.400. The zero-order valence-corrected chi connectivity index (χ0v) is 8.05. The maximum Gasteiger partial charge on any atom is 0.144 e. The molecule has 1 aliphatic heterocycles. The van der Waals surface area contributed by atoms with Gasteiger partial charge in [0.2, 0.25) is 0 Å². The number of carbonyl (C=O) groups is 1. The van der Waals surface area contributed by atoms with Gasteiger partial charge >= 0.3 is 0 Å². The number of aromatic nitrogens is 1. The Labute approximate surface area is 82.7 Å². The highest BCUT2D eigenvalue weighted by molar-refractivity contribution is 5.69. The average molecular weight is 191 g/mol. The van der Waals surface area contributed by atoms with Crippen molar-refractivity contribution in [3.8, 4) is 0 Å². The lowest BCUT2D eigenvalue weighted by Gasteiger charge is -2.35. The number of rotatable bonds is 1. The quantitative estimate of drug-likeness (QED) is 0.633. The SMILES string of the molecule is CN1c2ncccc2CC(N)C1C=O. The monoisotopic (exact) mass is 191 g/mol. The first-order valence-corrected chi connectivity index (χ1v) is 4.61. The minimum atomic E-state index is -0.252. The molecule has 0 bridgehead atoms. The summed E-state index contributed by atoms with van der Waals surface area (Å²) in [5.41, 5.74) is 7.01. The second kappa shape index (κ2) is 3.38. The molecule has 0 saturated heterocycles. The van der Waals surface area contributed by atoms with Crippen molar-refractivity contribution in [2.45, 2.75) is 18.5 Å². The van der Waals surface area contributed by atoms with E-state index in [1.165, 1.54) is 0 Å². The van der Waals surface area contributed by atoms with Crippen molar-refractivity contribution < 1.29 is 4.79 Å². The second-order valence-corrected chi connectivity index (χ2v) is 3.59. The minimum Gasteiger partial charge on any atom is -0.348 e. The van der Waals surface area contributed by atoms with Gasteiger partial charge < -0.3 is 15.4 Å². The van der Waals surface area contributed by atoms with Gasteiger partial charge in [-0.3, -0.25) is 0 Å². The van der Waals surface area contributed by atoms with E-state index < -0.39 is 0 Å². The fourth-order valence-corrected chi connectivity index (χ4v) is 1.90. The number of hydrogen-bond acceptors (Lipinski definition) is 4. The normalized spacial score (nSPS) is 25.7. The topological polar surface area (TPSA) is 59.2 Å². The van der Waals surface area contributed by atoms with E-state index in [9.17, 15) is 4.79 Å². The summed E-state index contributed by atoms with van der Waals surface area (Å²) in [6.45, 7) is 0. The van der Waals surface area contributed by atoms with E-state index in [1.54, 1.807) is 6.20 Å². The summed E-state index contributed by atoms with van der Waals surface area (Å²) < 4.78 is 0. The van der Waals surface area contributed by atoms with E-state index in [4.69, 9.17) is 5.73 Å². The number of fused-ring (bicyclic) bond motifs is 1. The van der Waals surface area contributed by atoms with Crippen molar-refractivity contribution in [2.75, 3.05) is 11.9 Å². The van der Waals surface area contributed by atoms with Crippen LogP contribution >= 0.6 is 0 Å². The highest BCUT2D eigenvalue weighted by Gasteiger charge is 2.29. The number of aldehydes is 1. The number of nitrogens with two attached hydrogens (primary N) is 1. The molecule has 0 spiro atoms. The van der Waals surface area contributed by atoms with Crippen LogP contribution in [0.15, 0.2) is 18.3 Å². The molecule has 0 aromatic carbocycles. The summed E-state index contributed by atoms with van der Waals surface area (Å²) in [5.74, 6) is 0.867. The Kier molecular flexibility index (Phi) is 2.21. The predicted molar refractivity (Wildman–Crippen MR) is 54.2 cm³/mol. The zero-order valence-electron chi connectivity index (χ0n) is 8.05. The number of carbonyl (C=O) groups excluding carboxylic acids is 1. The Morgan fingerprint density at radius 3 is 3.21 bits per heavy atom. The Bertz CT molecular complexity index is 353. The number of hydrogen-bond donors (Lipinski definition) is 1. The van der Waals surface area contributed by atoms with Gasteiger partial charge in [-0.05, 0) is 18.1 Å². The largest absolute Gasteiger partial charge is 0.348 e. The summed E-state index contributed by atoms with van der Waals surface area (Å²) in [6, 6.07) is 3.51. The van der Waals surface area contributed by atoms with Crippen LogP contribution in [0.4, 0.5) is 5.82 Å². The molecule has 1 aromatic heterocycles. The molecule has 1 aliphatic rings. The van der Waals surface area contributed by atoms with Crippen molar-refractivity contribution in [3.63, 3.8) is 0 Å². The van der Waals surface area contributed by atoms with Gasteiger partial charge in [-0.1, -0.05) is 6.07 Å². The van der Waals surface area contributed by atoms with Crippen molar-refractivity contribution in [1.82, 2.24) is 4.98 Å². The van der Waals surface area contributed by atoms with Gasteiger partial charge in [0.15, 0.2) is 0 Å². The molecule has 4 heteroatoms. The number of likely N-dealkylation sites (N-methyl/N-ethyl adjacent to an activating group) is 1. The lowest BCUT2D eigenvalue weighted by atomic mass is 9.95. The minimum absolute atomic E-state index is 0.130. The first-order chi connectivity index (χ1) is 6.74. The standard InChI is InChI=1S/C10H13N3O/c1-13-9(6-14)8(11)5-7-3-2-4-12-10(7)13/h2-4,6,8-9H,5,11H2,1H3. The molecule has 0 radical (unpaired) electrons. The maximum atomic E-state index is 10.8. The average Bonchev–Trinajstić information content (AvgIpc) is 2.18.